The molecule has 8 heteroatoms. The summed E-state index contributed by atoms with van der Waals surface area (Å²) in [5, 5.41) is 21.8. The van der Waals surface area contributed by atoms with Gasteiger partial charge in [-0.2, -0.15) is 0 Å². The molecular formula is C32H34O8. The minimum Gasteiger partial charge on any atom is -0.481 e. The third-order valence-corrected chi connectivity index (χ3v) is 8.67. The molecule has 2 fully saturated rings. The number of carboxylic acids is 2. The highest BCUT2D eigenvalue weighted by molar-refractivity contribution is 6.14. The average Bonchev–Trinajstić information content (AvgIpc) is 2.94. The van der Waals surface area contributed by atoms with Crippen molar-refractivity contribution in [1.29, 1.82) is 0 Å². The first-order valence-electron chi connectivity index (χ1n) is 14.0. The number of carboxylic acid groups (broad SMARTS) is 2. The summed E-state index contributed by atoms with van der Waals surface area (Å²) in [5.41, 5.74) is 1.58. The molecule has 5 rings (SSSR count). The predicted octanol–water partition coefficient (Wildman–Crippen LogP) is 6.20. The van der Waals surface area contributed by atoms with E-state index in [1.165, 1.54) is 0 Å². The Balaban J connectivity index is 1.64. The summed E-state index contributed by atoms with van der Waals surface area (Å²) in [5.74, 6) is -5.59. The number of aliphatic carboxylic acids is 2. The summed E-state index contributed by atoms with van der Waals surface area (Å²) >= 11 is 0. The summed E-state index contributed by atoms with van der Waals surface area (Å²) in [7, 11) is 0. The van der Waals surface area contributed by atoms with E-state index < -0.39 is 47.5 Å². The largest absolute Gasteiger partial charge is 0.481 e. The lowest BCUT2D eigenvalue weighted by Gasteiger charge is -2.28. The SMILES string of the molecule is Cc1cccc2c(OC(=O)C3CCCCC3C(=O)O)c3c(C)cccc3c(OC(=O)C3CCCCC3C(=O)O)c12. The van der Waals surface area contributed by atoms with E-state index in [9.17, 15) is 29.4 Å². The van der Waals surface area contributed by atoms with Gasteiger partial charge in [0, 0.05) is 21.5 Å². The maximum atomic E-state index is 13.5. The van der Waals surface area contributed by atoms with Gasteiger partial charge in [0.05, 0.1) is 23.7 Å². The molecule has 0 radical (unpaired) electrons. The maximum Gasteiger partial charge on any atom is 0.315 e. The van der Waals surface area contributed by atoms with Gasteiger partial charge in [-0.05, 0) is 50.7 Å². The van der Waals surface area contributed by atoms with Gasteiger partial charge in [-0.1, -0.05) is 62.1 Å². The first kappa shape index (κ1) is 27.6. The van der Waals surface area contributed by atoms with E-state index in [1.54, 1.807) is 12.1 Å². The fourth-order valence-corrected chi connectivity index (χ4v) is 6.57. The minimum atomic E-state index is -0.993. The van der Waals surface area contributed by atoms with Crippen LogP contribution in [0.1, 0.15) is 62.5 Å². The zero-order valence-corrected chi connectivity index (χ0v) is 22.8. The van der Waals surface area contributed by atoms with Crippen molar-refractivity contribution in [2.75, 3.05) is 0 Å². The van der Waals surface area contributed by atoms with Gasteiger partial charge in [0.25, 0.3) is 0 Å². The second kappa shape index (κ2) is 11.3. The van der Waals surface area contributed by atoms with Gasteiger partial charge in [-0.3, -0.25) is 19.2 Å². The first-order valence-corrected chi connectivity index (χ1v) is 14.0. The summed E-state index contributed by atoms with van der Waals surface area (Å²) in [4.78, 5) is 50.8. The molecule has 2 N–H and O–H groups in total. The Labute approximate surface area is 232 Å². The van der Waals surface area contributed by atoms with Crippen LogP contribution in [0.4, 0.5) is 0 Å². The number of aryl methyl sites for hydroxylation is 2. The summed E-state index contributed by atoms with van der Waals surface area (Å²) in [6, 6.07) is 11.0. The Bertz CT molecular complexity index is 1390. The highest BCUT2D eigenvalue weighted by Gasteiger charge is 2.39. The van der Waals surface area contributed by atoms with Crippen molar-refractivity contribution >= 4 is 45.4 Å². The number of esters is 2. The van der Waals surface area contributed by atoms with E-state index in [-0.39, 0.29) is 0 Å². The van der Waals surface area contributed by atoms with Crippen LogP contribution in [0.3, 0.4) is 0 Å². The lowest BCUT2D eigenvalue weighted by atomic mass is 9.79. The highest BCUT2D eigenvalue weighted by atomic mass is 16.5. The van der Waals surface area contributed by atoms with Crippen LogP contribution in [-0.4, -0.2) is 34.1 Å². The molecule has 4 atom stereocenters. The molecule has 0 saturated heterocycles. The maximum absolute atomic E-state index is 13.5. The van der Waals surface area contributed by atoms with Crippen LogP contribution >= 0.6 is 0 Å². The normalized spacial score (nSPS) is 23.1. The van der Waals surface area contributed by atoms with E-state index >= 15 is 0 Å². The van der Waals surface area contributed by atoms with Crippen LogP contribution in [0.25, 0.3) is 21.5 Å². The Morgan fingerprint density at radius 3 is 1.30 bits per heavy atom. The Kier molecular flexibility index (Phi) is 7.79. The zero-order valence-electron chi connectivity index (χ0n) is 22.8. The second-order valence-corrected chi connectivity index (χ2v) is 11.2. The molecule has 8 nitrogen and oxygen atoms in total. The predicted molar refractivity (Wildman–Crippen MR) is 148 cm³/mol. The van der Waals surface area contributed by atoms with E-state index in [0.717, 1.165) is 36.8 Å². The molecule has 2 aliphatic rings. The summed E-state index contributed by atoms with van der Waals surface area (Å²) < 4.78 is 12.2. The monoisotopic (exact) mass is 546 g/mol. The van der Waals surface area contributed by atoms with Crippen molar-refractivity contribution in [3.63, 3.8) is 0 Å². The zero-order chi connectivity index (χ0) is 28.6. The van der Waals surface area contributed by atoms with Gasteiger partial charge in [-0.25, -0.2) is 0 Å². The lowest BCUT2D eigenvalue weighted by molar-refractivity contribution is -0.154. The second-order valence-electron chi connectivity index (χ2n) is 11.2. The van der Waals surface area contributed by atoms with Crippen LogP contribution < -0.4 is 9.47 Å². The lowest BCUT2D eigenvalue weighted by Crippen LogP contribution is -2.35. The van der Waals surface area contributed by atoms with Gasteiger partial charge in [0.15, 0.2) is 0 Å². The number of hydrogen-bond acceptors (Lipinski definition) is 6. The summed E-state index contributed by atoms with van der Waals surface area (Å²) in [6.45, 7) is 3.74. The molecule has 0 aliphatic heterocycles. The van der Waals surface area contributed by atoms with Crippen molar-refractivity contribution in [1.82, 2.24) is 0 Å². The van der Waals surface area contributed by atoms with Crippen LogP contribution in [0.5, 0.6) is 11.5 Å². The van der Waals surface area contributed by atoms with E-state index in [1.807, 2.05) is 38.1 Å². The van der Waals surface area contributed by atoms with Crippen LogP contribution in [-0.2, 0) is 19.2 Å². The Morgan fingerprint density at radius 2 is 0.950 bits per heavy atom. The quantitative estimate of drug-likeness (QED) is 0.212. The molecule has 3 aromatic rings. The van der Waals surface area contributed by atoms with Gasteiger partial charge < -0.3 is 19.7 Å². The standard InChI is InChI=1S/C32H34O8/c1-17-9-7-15-23-25(17)27(39-31(37)21-13-5-3-11-19(21)29(33)34)24-16-8-10-18(2)26(24)28(23)40-32(38)22-14-6-4-12-20(22)30(35)36/h7-10,15-16,19-22H,3-6,11-14H2,1-2H3,(H,33,34)(H,35,36). The fourth-order valence-electron chi connectivity index (χ4n) is 6.57. The molecule has 0 bridgehead atoms. The number of hydrogen-bond donors (Lipinski definition) is 2. The molecule has 0 spiro atoms. The van der Waals surface area contributed by atoms with Gasteiger partial charge >= 0.3 is 23.9 Å². The molecule has 0 aromatic heterocycles. The highest BCUT2D eigenvalue weighted by Crippen LogP contribution is 2.46. The smallest absolute Gasteiger partial charge is 0.315 e. The summed E-state index contributed by atoms with van der Waals surface area (Å²) in [6.07, 6.45) is 4.80. The number of carbonyl (C=O) groups excluding carboxylic acids is 2. The number of carbonyl (C=O) groups is 4. The third-order valence-electron chi connectivity index (χ3n) is 8.67. The van der Waals surface area contributed by atoms with Gasteiger partial charge in [0.2, 0.25) is 0 Å². The molecule has 4 unspecified atom stereocenters. The molecule has 2 aliphatic carbocycles. The number of rotatable bonds is 6. The van der Waals surface area contributed by atoms with E-state index in [0.29, 0.717) is 58.7 Å². The molecular weight excluding hydrogens is 512 g/mol. The molecule has 2 saturated carbocycles. The average molecular weight is 547 g/mol. The third kappa shape index (κ3) is 5.03. The van der Waals surface area contributed by atoms with E-state index in [4.69, 9.17) is 9.47 Å². The van der Waals surface area contributed by atoms with Crippen molar-refractivity contribution in [2.45, 2.75) is 65.2 Å². The molecule has 0 amide bonds. The fraction of sp³-hybridized carbons (Fsp3) is 0.438. The van der Waals surface area contributed by atoms with Crippen LogP contribution in [0.15, 0.2) is 36.4 Å². The van der Waals surface area contributed by atoms with Crippen molar-refractivity contribution in [2.24, 2.45) is 23.7 Å². The Morgan fingerprint density at radius 1 is 0.600 bits per heavy atom. The topological polar surface area (TPSA) is 127 Å². The molecule has 3 aromatic carbocycles. The molecule has 40 heavy (non-hydrogen) atoms. The molecule has 210 valence electrons. The van der Waals surface area contributed by atoms with Gasteiger partial charge in [0.1, 0.15) is 11.5 Å². The van der Waals surface area contributed by atoms with Crippen molar-refractivity contribution in [3.8, 4) is 11.5 Å². The first-order chi connectivity index (χ1) is 19.2. The Hall–Kier alpha value is -3.94. The molecule has 0 heterocycles. The number of ether oxygens (including phenoxy) is 2. The van der Waals surface area contributed by atoms with Gasteiger partial charge in [-0.15, -0.1) is 0 Å². The minimum absolute atomic E-state index is 0.312. The van der Waals surface area contributed by atoms with Crippen molar-refractivity contribution in [3.05, 3.63) is 47.5 Å². The number of fused-ring (bicyclic) bond motifs is 2. The van der Waals surface area contributed by atoms with Crippen molar-refractivity contribution < 1.29 is 38.9 Å². The van der Waals surface area contributed by atoms with E-state index in [2.05, 4.69) is 0 Å². The number of benzene rings is 3. The van der Waals surface area contributed by atoms with Crippen LogP contribution in [0, 0.1) is 37.5 Å². The van der Waals surface area contributed by atoms with Crippen LogP contribution in [0.2, 0.25) is 0 Å².